The van der Waals surface area contributed by atoms with Gasteiger partial charge < -0.3 is 24.2 Å². The zero-order valence-corrected chi connectivity index (χ0v) is 20.0. The Balaban J connectivity index is 1.16. The fraction of sp³-hybridized carbons (Fsp3) is 0.654. The largest absolute Gasteiger partial charge is 0.487 e. The van der Waals surface area contributed by atoms with Crippen LogP contribution in [0.5, 0.6) is 5.75 Å². The zero-order valence-electron chi connectivity index (χ0n) is 20.0. The minimum absolute atomic E-state index is 0.0123. The second-order valence-corrected chi connectivity index (χ2v) is 10.3. The Morgan fingerprint density at radius 3 is 2.65 bits per heavy atom. The summed E-state index contributed by atoms with van der Waals surface area (Å²) in [5, 5.41) is 0. The number of amides is 2. The quantitative estimate of drug-likeness (QED) is 0.451. The smallest absolute Gasteiger partial charge is 0.339 e. The number of hydrogen-bond acceptors (Lipinski definition) is 6. The Hall–Kier alpha value is -2.61. The summed E-state index contributed by atoms with van der Waals surface area (Å²) in [6.45, 7) is 5.13. The van der Waals surface area contributed by atoms with E-state index in [0.29, 0.717) is 37.2 Å². The van der Waals surface area contributed by atoms with Crippen molar-refractivity contribution >= 4 is 18.3 Å². The van der Waals surface area contributed by atoms with E-state index in [-0.39, 0.29) is 23.9 Å². The molecule has 2 amide bonds. The lowest BCUT2D eigenvalue weighted by molar-refractivity contribution is -0.137. The maximum Gasteiger partial charge on any atom is 0.339 e. The number of piperidine rings is 1. The summed E-state index contributed by atoms with van der Waals surface area (Å²) in [5.74, 6) is 0.515. The minimum Gasteiger partial charge on any atom is -0.487 e. The molecule has 1 spiro atoms. The van der Waals surface area contributed by atoms with Crippen LogP contribution in [0.15, 0.2) is 18.2 Å². The molecule has 34 heavy (non-hydrogen) atoms. The monoisotopic (exact) mass is 469 g/mol. The molecule has 1 aromatic rings. The van der Waals surface area contributed by atoms with Crippen molar-refractivity contribution in [2.45, 2.75) is 56.7 Å². The number of likely N-dealkylation sites (N-methyl/N-ethyl adjacent to an activating group) is 1. The van der Waals surface area contributed by atoms with Crippen LogP contribution in [0.2, 0.25) is 0 Å². The van der Waals surface area contributed by atoms with Crippen LogP contribution >= 0.6 is 0 Å². The molecule has 3 fully saturated rings. The van der Waals surface area contributed by atoms with Crippen molar-refractivity contribution < 1.29 is 23.9 Å². The molecule has 0 aromatic heterocycles. The Labute approximate surface area is 201 Å². The van der Waals surface area contributed by atoms with E-state index in [4.69, 9.17) is 9.47 Å². The molecule has 3 heterocycles. The van der Waals surface area contributed by atoms with Gasteiger partial charge in [0.1, 0.15) is 17.5 Å². The van der Waals surface area contributed by atoms with Gasteiger partial charge in [-0.1, -0.05) is 12.5 Å². The van der Waals surface area contributed by atoms with Crippen LogP contribution in [0.1, 0.15) is 60.9 Å². The topological polar surface area (TPSA) is 79.4 Å². The fourth-order valence-corrected chi connectivity index (χ4v) is 5.87. The second-order valence-electron chi connectivity index (χ2n) is 10.3. The molecule has 3 aliphatic heterocycles. The number of benzene rings is 1. The molecule has 8 heteroatoms. The molecule has 1 aliphatic carbocycles. The summed E-state index contributed by atoms with van der Waals surface area (Å²) in [7, 11) is 1.92. The van der Waals surface area contributed by atoms with Gasteiger partial charge in [-0.25, -0.2) is 4.79 Å². The van der Waals surface area contributed by atoms with Crippen LogP contribution in [0, 0.1) is 5.92 Å². The third-order valence-electron chi connectivity index (χ3n) is 8.04. The number of hydrogen-bond donors (Lipinski definition) is 0. The zero-order chi connectivity index (χ0) is 23.7. The standard InChI is InChI=1S/C26H35N3O5/c1-27(13-14-28-11-3-2-4-12-28)24(31)19-7-9-26(10-8-19)23-6-5-20(15-22(23)25(32)34-26)33-21-16-29(17-21)18-30/h5-6,15,18-19,21H,2-4,7-14,16-17H2,1H3. The van der Waals surface area contributed by atoms with Gasteiger partial charge in [0.15, 0.2) is 0 Å². The Bertz CT molecular complexity index is 930. The van der Waals surface area contributed by atoms with Crippen molar-refractivity contribution in [3.8, 4) is 5.75 Å². The molecule has 0 N–H and O–H groups in total. The SMILES string of the molecule is CN(CCN1CCCCC1)C(=O)C1CCC2(CC1)OC(=O)c1cc(OC3CN(C=O)C3)ccc12. The Morgan fingerprint density at radius 2 is 1.94 bits per heavy atom. The summed E-state index contributed by atoms with van der Waals surface area (Å²) in [6, 6.07) is 5.60. The average molecular weight is 470 g/mol. The first-order valence-corrected chi connectivity index (χ1v) is 12.7. The third kappa shape index (κ3) is 4.52. The number of carbonyl (C=O) groups excluding carboxylic acids is 3. The number of likely N-dealkylation sites (tertiary alicyclic amines) is 2. The molecule has 8 nitrogen and oxygen atoms in total. The highest BCUT2D eigenvalue weighted by Crippen LogP contribution is 2.49. The summed E-state index contributed by atoms with van der Waals surface area (Å²) in [4.78, 5) is 42.5. The van der Waals surface area contributed by atoms with Crippen LogP contribution in [-0.4, -0.2) is 85.4 Å². The van der Waals surface area contributed by atoms with Gasteiger partial charge in [0.05, 0.1) is 18.7 Å². The molecular formula is C26H35N3O5. The van der Waals surface area contributed by atoms with E-state index in [9.17, 15) is 14.4 Å². The predicted molar refractivity (Wildman–Crippen MR) is 125 cm³/mol. The highest BCUT2D eigenvalue weighted by molar-refractivity contribution is 5.95. The van der Waals surface area contributed by atoms with Crippen LogP contribution in [0.25, 0.3) is 0 Å². The summed E-state index contributed by atoms with van der Waals surface area (Å²) in [6.07, 6.45) is 7.39. The van der Waals surface area contributed by atoms with Gasteiger partial charge in [-0.05, 0) is 63.7 Å². The van der Waals surface area contributed by atoms with Crippen molar-refractivity contribution in [1.29, 1.82) is 0 Å². The van der Waals surface area contributed by atoms with Crippen molar-refractivity contribution in [1.82, 2.24) is 14.7 Å². The third-order valence-corrected chi connectivity index (χ3v) is 8.04. The molecule has 184 valence electrons. The van der Waals surface area contributed by atoms with Crippen LogP contribution < -0.4 is 4.74 Å². The molecule has 2 saturated heterocycles. The van der Waals surface area contributed by atoms with Gasteiger partial charge in [-0.15, -0.1) is 0 Å². The van der Waals surface area contributed by atoms with E-state index in [1.54, 1.807) is 11.0 Å². The maximum absolute atomic E-state index is 13.1. The van der Waals surface area contributed by atoms with Crippen molar-refractivity contribution in [3.63, 3.8) is 0 Å². The van der Waals surface area contributed by atoms with Crippen LogP contribution in [-0.2, 0) is 19.9 Å². The minimum atomic E-state index is -0.626. The van der Waals surface area contributed by atoms with E-state index in [1.807, 2.05) is 24.1 Å². The Morgan fingerprint density at radius 1 is 1.21 bits per heavy atom. The van der Waals surface area contributed by atoms with Crippen LogP contribution in [0.3, 0.4) is 0 Å². The first kappa shape index (κ1) is 23.1. The van der Waals surface area contributed by atoms with E-state index >= 15 is 0 Å². The van der Waals surface area contributed by atoms with Crippen LogP contribution in [0.4, 0.5) is 0 Å². The van der Waals surface area contributed by atoms with Gasteiger partial charge >= 0.3 is 5.97 Å². The summed E-state index contributed by atoms with van der Waals surface area (Å²) < 4.78 is 11.8. The summed E-state index contributed by atoms with van der Waals surface area (Å²) in [5.41, 5.74) is 0.851. The highest BCUT2D eigenvalue weighted by Gasteiger charge is 2.49. The number of ether oxygens (including phenoxy) is 2. The maximum atomic E-state index is 13.1. The molecule has 0 radical (unpaired) electrons. The molecule has 4 aliphatic rings. The highest BCUT2D eigenvalue weighted by atomic mass is 16.6. The summed E-state index contributed by atoms with van der Waals surface area (Å²) >= 11 is 0. The van der Waals surface area contributed by atoms with E-state index in [1.165, 1.54) is 19.3 Å². The number of esters is 1. The van der Waals surface area contributed by atoms with E-state index in [2.05, 4.69) is 4.90 Å². The van der Waals surface area contributed by atoms with Gasteiger partial charge in [0.25, 0.3) is 0 Å². The molecule has 5 rings (SSSR count). The molecular weight excluding hydrogens is 434 g/mol. The van der Waals surface area contributed by atoms with Gasteiger partial charge in [-0.2, -0.15) is 0 Å². The number of nitrogens with zero attached hydrogens (tertiary/aromatic N) is 3. The van der Waals surface area contributed by atoms with Gasteiger partial charge in [0.2, 0.25) is 12.3 Å². The van der Waals surface area contributed by atoms with E-state index in [0.717, 1.165) is 51.0 Å². The first-order chi connectivity index (χ1) is 16.5. The van der Waals surface area contributed by atoms with Gasteiger partial charge in [-0.3, -0.25) is 9.59 Å². The number of fused-ring (bicyclic) bond motifs is 2. The molecule has 1 saturated carbocycles. The predicted octanol–water partition coefficient (Wildman–Crippen LogP) is 2.41. The lowest BCUT2D eigenvalue weighted by Crippen LogP contribution is -2.52. The van der Waals surface area contributed by atoms with Crippen molar-refractivity contribution in [2.75, 3.05) is 46.3 Å². The van der Waals surface area contributed by atoms with Gasteiger partial charge in [0, 0.05) is 31.6 Å². The molecule has 1 aromatic carbocycles. The normalized spacial score (nSPS) is 27.1. The average Bonchev–Trinajstić information content (AvgIpc) is 3.10. The molecule has 0 unspecified atom stereocenters. The number of carbonyl (C=O) groups is 3. The number of rotatable bonds is 7. The lowest BCUT2D eigenvalue weighted by Gasteiger charge is -2.37. The lowest BCUT2D eigenvalue weighted by atomic mass is 9.74. The van der Waals surface area contributed by atoms with Crippen molar-refractivity contribution in [3.05, 3.63) is 29.3 Å². The molecule has 0 bridgehead atoms. The van der Waals surface area contributed by atoms with Crippen molar-refractivity contribution in [2.24, 2.45) is 5.92 Å². The second kappa shape index (κ2) is 9.56. The Kier molecular flexibility index (Phi) is 6.51. The molecule has 0 atom stereocenters. The fourth-order valence-electron chi connectivity index (χ4n) is 5.87. The van der Waals surface area contributed by atoms with E-state index < -0.39 is 5.60 Å². The first-order valence-electron chi connectivity index (χ1n) is 12.7.